The van der Waals surface area contributed by atoms with E-state index in [9.17, 15) is 4.79 Å². The molecule has 0 spiro atoms. The van der Waals surface area contributed by atoms with Crippen LogP contribution in [0.4, 0.5) is 0 Å². The van der Waals surface area contributed by atoms with E-state index in [1.54, 1.807) is 0 Å². The molecule has 0 radical (unpaired) electrons. The molecule has 2 aromatic rings. The molecule has 1 amide bonds. The van der Waals surface area contributed by atoms with Gasteiger partial charge in [0.05, 0.1) is 5.69 Å². The predicted octanol–water partition coefficient (Wildman–Crippen LogP) is 4.46. The molecule has 4 heteroatoms. The largest absolute Gasteiger partial charge is 0.332 e. The zero-order valence-electron chi connectivity index (χ0n) is 16.2. The molecule has 0 unspecified atom stereocenters. The summed E-state index contributed by atoms with van der Waals surface area (Å²) in [5.74, 6) is 0.136. The van der Waals surface area contributed by atoms with Gasteiger partial charge in [0.25, 0.3) is 5.91 Å². The Morgan fingerprint density at radius 3 is 2.58 bits per heavy atom. The highest BCUT2D eigenvalue weighted by molar-refractivity contribution is 5.94. The fourth-order valence-electron chi connectivity index (χ4n) is 4.74. The van der Waals surface area contributed by atoms with Gasteiger partial charge in [-0.25, -0.2) is 4.68 Å². The zero-order valence-corrected chi connectivity index (χ0v) is 16.2. The molecule has 0 saturated heterocycles. The molecule has 1 aromatic carbocycles. The van der Waals surface area contributed by atoms with Crippen molar-refractivity contribution in [2.75, 3.05) is 0 Å². The third-order valence-electron chi connectivity index (χ3n) is 5.99. The normalized spacial score (nSPS) is 17.1. The van der Waals surface area contributed by atoms with Gasteiger partial charge in [0.1, 0.15) is 0 Å². The SMILES string of the molecule is Cc1ccccc1-n1nc(C(=O)N(C(C)C)C2CCCC2)c2c1CCC2. The number of carbonyl (C=O) groups excluding carboxylic acids is 1. The lowest BCUT2D eigenvalue weighted by Gasteiger charge is -2.32. The second kappa shape index (κ2) is 6.90. The van der Waals surface area contributed by atoms with E-state index >= 15 is 0 Å². The van der Waals surface area contributed by atoms with E-state index in [-0.39, 0.29) is 11.9 Å². The minimum Gasteiger partial charge on any atom is -0.332 e. The number of hydrogen-bond donors (Lipinski definition) is 0. The van der Waals surface area contributed by atoms with Crippen LogP contribution in [0, 0.1) is 6.92 Å². The molecule has 1 aromatic heterocycles. The molecule has 0 aliphatic heterocycles. The highest BCUT2D eigenvalue weighted by Gasteiger charge is 2.34. The number of aromatic nitrogens is 2. The van der Waals surface area contributed by atoms with Crippen molar-refractivity contribution in [1.82, 2.24) is 14.7 Å². The maximum Gasteiger partial charge on any atom is 0.275 e. The topological polar surface area (TPSA) is 38.1 Å². The number of rotatable bonds is 4. The monoisotopic (exact) mass is 351 g/mol. The Bertz CT molecular complexity index is 815. The second-order valence-corrected chi connectivity index (χ2v) is 8.07. The number of hydrogen-bond acceptors (Lipinski definition) is 2. The number of fused-ring (bicyclic) bond motifs is 1. The zero-order chi connectivity index (χ0) is 18.3. The summed E-state index contributed by atoms with van der Waals surface area (Å²) < 4.78 is 2.04. The Kier molecular flexibility index (Phi) is 4.60. The fourth-order valence-corrected chi connectivity index (χ4v) is 4.74. The first-order valence-corrected chi connectivity index (χ1v) is 10.1. The molecule has 26 heavy (non-hydrogen) atoms. The highest BCUT2D eigenvalue weighted by Crippen LogP contribution is 2.32. The van der Waals surface area contributed by atoms with Gasteiger partial charge >= 0.3 is 0 Å². The van der Waals surface area contributed by atoms with Gasteiger partial charge in [0, 0.05) is 23.3 Å². The summed E-state index contributed by atoms with van der Waals surface area (Å²) >= 11 is 0. The first-order valence-electron chi connectivity index (χ1n) is 10.1. The van der Waals surface area contributed by atoms with Crippen molar-refractivity contribution < 1.29 is 4.79 Å². The Morgan fingerprint density at radius 2 is 1.88 bits per heavy atom. The standard InChI is InChI=1S/C22H29N3O/c1-15(2)24(17-10-5-6-11-17)22(26)21-18-12-8-14-20(18)25(23-21)19-13-7-4-9-16(19)3/h4,7,9,13,15,17H,5-6,8,10-12,14H2,1-3H3. The first-order chi connectivity index (χ1) is 12.6. The second-order valence-electron chi connectivity index (χ2n) is 8.07. The summed E-state index contributed by atoms with van der Waals surface area (Å²) in [4.78, 5) is 15.6. The average Bonchev–Trinajstić information content (AvgIpc) is 3.33. The predicted molar refractivity (Wildman–Crippen MR) is 104 cm³/mol. The van der Waals surface area contributed by atoms with E-state index < -0.39 is 0 Å². The minimum absolute atomic E-state index is 0.136. The lowest BCUT2D eigenvalue weighted by molar-refractivity contribution is 0.0605. The molecule has 0 N–H and O–H groups in total. The van der Waals surface area contributed by atoms with Crippen molar-refractivity contribution in [1.29, 1.82) is 0 Å². The molecule has 2 aliphatic rings. The van der Waals surface area contributed by atoms with Crippen molar-refractivity contribution in [3.63, 3.8) is 0 Å². The van der Waals surface area contributed by atoms with Crippen LogP contribution in [0.15, 0.2) is 24.3 Å². The van der Waals surface area contributed by atoms with Gasteiger partial charge in [-0.15, -0.1) is 0 Å². The van der Waals surface area contributed by atoms with Crippen molar-refractivity contribution >= 4 is 5.91 Å². The van der Waals surface area contributed by atoms with Gasteiger partial charge in [-0.3, -0.25) is 4.79 Å². The number of aryl methyl sites for hydroxylation is 1. The summed E-state index contributed by atoms with van der Waals surface area (Å²) in [5, 5.41) is 4.86. The summed E-state index contributed by atoms with van der Waals surface area (Å²) in [7, 11) is 0. The van der Waals surface area contributed by atoms with Gasteiger partial charge in [0.2, 0.25) is 0 Å². The Labute approximate surface area is 156 Å². The first kappa shape index (κ1) is 17.3. The Hall–Kier alpha value is -2.10. The van der Waals surface area contributed by atoms with Gasteiger partial charge in [-0.2, -0.15) is 5.10 Å². The Balaban J connectivity index is 1.76. The van der Waals surface area contributed by atoms with Crippen molar-refractivity contribution in [3.05, 3.63) is 46.8 Å². The van der Waals surface area contributed by atoms with Crippen LogP contribution in [0.25, 0.3) is 5.69 Å². The molecule has 2 aliphatic carbocycles. The van der Waals surface area contributed by atoms with Crippen molar-refractivity contribution in [2.24, 2.45) is 0 Å². The molecule has 0 atom stereocenters. The number of amides is 1. The van der Waals surface area contributed by atoms with Crippen LogP contribution >= 0.6 is 0 Å². The quantitative estimate of drug-likeness (QED) is 0.815. The van der Waals surface area contributed by atoms with Gasteiger partial charge < -0.3 is 4.90 Å². The van der Waals surface area contributed by atoms with Gasteiger partial charge in [-0.1, -0.05) is 31.0 Å². The molecular formula is C22H29N3O. The van der Waals surface area contributed by atoms with E-state index in [4.69, 9.17) is 5.10 Å². The van der Waals surface area contributed by atoms with Gasteiger partial charge in [0.15, 0.2) is 5.69 Å². The van der Waals surface area contributed by atoms with Crippen molar-refractivity contribution in [3.8, 4) is 5.69 Å². The minimum atomic E-state index is 0.136. The maximum atomic E-state index is 13.5. The number of nitrogens with zero attached hydrogens (tertiary/aromatic N) is 3. The summed E-state index contributed by atoms with van der Waals surface area (Å²) in [6.07, 6.45) is 7.82. The average molecular weight is 351 g/mol. The third kappa shape index (κ3) is 2.85. The molecule has 1 heterocycles. The summed E-state index contributed by atoms with van der Waals surface area (Å²) in [5.41, 5.74) is 5.41. The van der Waals surface area contributed by atoms with E-state index in [0.717, 1.165) is 37.8 Å². The van der Waals surface area contributed by atoms with Crippen molar-refractivity contribution in [2.45, 2.75) is 77.8 Å². The van der Waals surface area contributed by atoms with Crippen LogP contribution < -0.4 is 0 Å². The van der Waals surface area contributed by atoms with E-state index in [0.29, 0.717) is 11.7 Å². The fraction of sp³-hybridized carbons (Fsp3) is 0.545. The number of para-hydroxylation sites is 1. The molecule has 4 nitrogen and oxygen atoms in total. The molecule has 0 bridgehead atoms. The lowest BCUT2D eigenvalue weighted by atomic mass is 10.1. The van der Waals surface area contributed by atoms with Crippen LogP contribution in [0.2, 0.25) is 0 Å². The molecule has 4 rings (SSSR count). The van der Waals surface area contributed by atoms with Gasteiger partial charge in [-0.05, 0) is 64.5 Å². The van der Waals surface area contributed by atoms with E-state index in [1.807, 2.05) is 10.7 Å². The number of carbonyl (C=O) groups is 1. The van der Waals surface area contributed by atoms with Crippen LogP contribution in [-0.2, 0) is 12.8 Å². The maximum absolute atomic E-state index is 13.5. The summed E-state index contributed by atoms with van der Waals surface area (Å²) in [6.45, 7) is 6.38. The highest BCUT2D eigenvalue weighted by atomic mass is 16.2. The molecule has 1 saturated carbocycles. The third-order valence-corrected chi connectivity index (χ3v) is 5.99. The van der Waals surface area contributed by atoms with E-state index in [1.165, 1.54) is 29.7 Å². The molecule has 138 valence electrons. The van der Waals surface area contributed by atoms with E-state index in [2.05, 4.69) is 43.9 Å². The number of benzene rings is 1. The smallest absolute Gasteiger partial charge is 0.275 e. The summed E-state index contributed by atoms with van der Waals surface area (Å²) in [6, 6.07) is 8.90. The Morgan fingerprint density at radius 1 is 1.15 bits per heavy atom. The van der Waals surface area contributed by atoms with Crippen LogP contribution in [0.3, 0.4) is 0 Å². The van der Waals surface area contributed by atoms with Crippen LogP contribution in [0.5, 0.6) is 0 Å². The van der Waals surface area contributed by atoms with Crippen LogP contribution in [-0.4, -0.2) is 32.7 Å². The molecular weight excluding hydrogens is 322 g/mol. The van der Waals surface area contributed by atoms with Crippen LogP contribution in [0.1, 0.15) is 73.3 Å². The molecule has 1 fully saturated rings. The lowest BCUT2D eigenvalue weighted by Crippen LogP contribution is -2.44.